The first-order valence-corrected chi connectivity index (χ1v) is 8.60. The van der Waals surface area contributed by atoms with Crippen molar-refractivity contribution in [3.63, 3.8) is 0 Å². The molecule has 0 saturated carbocycles. The average Bonchev–Trinajstić information content (AvgIpc) is 2.58. The summed E-state index contributed by atoms with van der Waals surface area (Å²) in [5, 5.41) is 3.39. The lowest BCUT2D eigenvalue weighted by molar-refractivity contribution is -0.0498. The van der Waals surface area contributed by atoms with Crippen LogP contribution in [0.4, 0.5) is 8.78 Å². The fraction of sp³-hybridized carbons (Fsp3) is 0.611. The third-order valence-electron chi connectivity index (χ3n) is 4.13. The van der Waals surface area contributed by atoms with Crippen LogP contribution < -0.4 is 10.1 Å². The molecule has 1 unspecified atom stereocenters. The monoisotopic (exact) mass is 484 g/mol. The summed E-state index contributed by atoms with van der Waals surface area (Å²) < 4.78 is 28.7. The Morgan fingerprint density at radius 3 is 2.23 bits per heavy atom. The molecule has 1 atom stereocenters. The molecule has 0 aromatic heterocycles. The van der Waals surface area contributed by atoms with Gasteiger partial charge in [-0.1, -0.05) is 26.0 Å². The molecule has 0 radical (unpaired) electrons. The normalized spacial score (nSPS) is 12.7. The van der Waals surface area contributed by atoms with Crippen molar-refractivity contribution in [3.05, 3.63) is 29.8 Å². The number of aliphatic imine (C=N–C) groups is 1. The molecule has 5 nitrogen and oxygen atoms in total. The van der Waals surface area contributed by atoms with Crippen LogP contribution >= 0.6 is 24.0 Å². The van der Waals surface area contributed by atoms with E-state index in [0.29, 0.717) is 12.6 Å². The predicted octanol–water partition coefficient (Wildman–Crippen LogP) is 3.64. The van der Waals surface area contributed by atoms with E-state index in [9.17, 15) is 8.78 Å². The summed E-state index contributed by atoms with van der Waals surface area (Å²) in [6, 6.07) is 7.06. The Kier molecular flexibility index (Phi) is 12.5. The van der Waals surface area contributed by atoms with Crippen LogP contribution in [0, 0.1) is 0 Å². The number of hydrogen-bond donors (Lipinski definition) is 1. The van der Waals surface area contributed by atoms with Crippen molar-refractivity contribution in [3.8, 4) is 5.75 Å². The molecule has 0 saturated heterocycles. The van der Waals surface area contributed by atoms with Gasteiger partial charge in [0.2, 0.25) is 0 Å². The predicted molar refractivity (Wildman–Crippen MR) is 114 cm³/mol. The second-order valence-electron chi connectivity index (χ2n) is 5.88. The maximum absolute atomic E-state index is 12.2. The molecule has 0 amide bonds. The van der Waals surface area contributed by atoms with E-state index in [4.69, 9.17) is 0 Å². The van der Waals surface area contributed by atoms with Gasteiger partial charge in [0.25, 0.3) is 0 Å². The zero-order valence-corrected chi connectivity index (χ0v) is 18.5. The maximum Gasteiger partial charge on any atom is 0.387 e. The number of hydrogen-bond acceptors (Lipinski definition) is 3. The van der Waals surface area contributed by atoms with Gasteiger partial charge in [-0.25, -0.2) is 0 Å². The summed E-state index contributed by atoms with van der Waals surface area (Å²) in [7, 11) is 3.70. The van der Waals surface area contributed by atoms with Crippen LogP contribution in [0.1, 0.15) is 26.3 Å². The van der Waals surface area contributed by atoms with Crippen LogP contribution in [0.2, 0.25) is 0 Å². The van der Waals surface area contributed by atoms with E-state index in [1.54, 1.807) is 31.3 Å². The van der Waals surface area contributed by atoms with Gasteiger partial charge in [-0.15, -0.1) is 24.0 Å². The van der Waals surface area contributed by atoms with Crippen molar-refractivity contribution in [2.75, 3.05) is 33.7 Å². The van der Waals surface area contributed by atoms with Gasteiger partial charge in [-0.05, 0) is 37.7 Å². The number of nitrogens with one attached hydrogen (secondary N) is 1. The zero-order chi connectivity index (χ0) is 18.8. The average molecular weight is 484 g/mol. The minimum Gasteiger partial charge on any atom is -0.435 e. The molecule has 0 aliphatic carbocycles. The highest BCUT2D eigenvalue weighted by atomic mass is 127. The fourth-order valence-electron chi connectivity index (χ4n) is 2.72. The lowest BCUT2D eigenvalue weighted by Gasteiger charge is -2.29. The van der Waals surface area contributed by atoms with Gasteiger partial charge in [-0.3, -0.25) is 9.89 Å². The van der Waals surface area contributed by atoms with Crippen molar-refractivity contribution in [1.82, 2.24) is 15.1 Å². The number of benzene rings is 1. The lowest BCUT2D eigenvalue weighted by atomic mass is 10.2. The highest BCUT2D eigenvalue weighted by Gasteiger charge is 2.13. The molecule has 0 fully saturated rings. The Morgan fingerprint density at radius 1 is 1.19 bits per heavy atom. The lowest BCUT2D eigenvalue weighted by Crippen LogP contribution is -2.46. The Hall–Kier alpha value is -1.16. The smallest absolute Gasteiger partial charge is 0.387 e. The van der Waals surface area contributed by atoms with Crippen molar-refractivity contribution in [2.24, 2.45) is 4.99 Å². The molecule has 1 aromatic rings. The third kappa shape index (κ3) is 8.48. The van der Waals surface area contributed by atoms with Gasteiger partial charge in [0.1, 0.15) is 5.75 Å². The topological polar surface area (TPSA) is 40.1 Å². The molecule has 0 spiro atoms. The summed E-state index contributed by atoms with van der Waals surface area (Å²) in [5.41, 5.74) is 0.990. The number of nitrogens with zero attached hydrogens (tertiary/aromatic N) is 3. The van der Waals surface area contributed by atoms with Gasteiger partial charge >= 0.3 is 6.61 Å². The first kappa shape index (κ1) is 24.8. The van der Waals surface area contributed by atoms with Crippen LogP contribution in [0.3, 0.4) is 0 Å². The molecule has 0 heterocycles. The highest BCUT2D eigenvalue weighted by Crippen LogP contribution is 2.15. The summed E-state index contributed by atoms with van der Waals surface area (Å²) in [6.07, 6.45) is 0. The quantitative estimate of drug-likeness (QED) is 0.330. The van der Waals surface area contributed by atoms with Gasteiger partial charge in [0, 0.05) is 33.2 Å². The first-order chi connectivity index (χ1) is 11.9. The largest absolute Gasteiger partial charge is 0.435 e. The molecule has 0 aliphatic rings. The summed E-state index contributed by atoms with van der Waals surface area (Å²) in [5.74, 6) is 0.962. The first-order valence-electron chi connectivity index (χ1n) is 8.60. The van der Waals surface area contributed by atoms with Crippen molar-refractivity contribution >= 4 is 29.9 Å². The number of halogens is 3. The van der Waals surface area contributed by atoms with Crippen LogP contribution in [0.5, 0.6) is 5.75 Å². The molecule has 1 N–H and O–H groups in total. The van der Waals surface area contributed by atoms with Crippen LogP contribution in [-0.2, 0) is 6.54 Å². The fourth-order valence-corrected chi connectivity index (χ4v) is 2.72. The zero-order valence-electron chi connectivity index (χ0n) is 16.2. The Morgan fingerprint density at radius 2 is 1.77 bits per heavy atom. The number of rotatable bonds is 9. The molecular weight excluding hydrogens is 453 g/mol. The van der Waals surface area contributed by atoms with Gasteiger partial charge in [0.15, 0.2) is 5.96 Å². The molecular formula is C18H31F2IN4O. The second kappa shape index (κ2) is 13.1. The van der Waals surface area contributed by atoms with Crippen LogP contribution in [0.25, 0.3) is 0 Å². The maximum atomic E-state index is 12.2. The minimum atomic E-state index is -2.80. The van der Waals surface area contributed by atoms with Crippen molar-refractivity contribution in [1.29, 1.82) is 0 Å². The Bertz CT molecular complexity index is 524. The van der Waals surface area contributed by atoms with Crippen LogP contribution in [-0.4, -0.2) is 62.1 Å². The molecule has 150 valence electrons. The molecule has 26 heavy (non-hydrogen) atoms. The van der Waals surface area contributed by atoms with Crippen LogP contribution in [0.15, 0.2) is 29.3 Å². The van der Waals surface area contributed by atoms with E-state index in [0.717, 1.165) is 31.2 Å². The van der Waals surface area contributed by atoms with E-state index in [-0.39, 0.29) is 29.7 Å². The van der Waals surface area contributed by atoms with E-state index in [1.165, 1.54) is 0 Å². The number of guanidine groups is 1. The van der Waals surface area contributed by atoms with E-state index in [1.807, 2.05) is 11.9 Å². The van der Waals surface area contributed by atoms with E-state index < -0.39 is 6.61 Å². The van der Waals surface area contributed by atoms with Gasteiger partial charge in [-0.2, -0.15) is 8.78 Å². The Balaban J connectivity index is 0.00000625. The van der Waals surface area contributed by atoms with Gasteiger partial charge < -0.3 is 15.0 Å². The molecule has 1 rings (SSSR count). The highest BCUT2D eigenvalue weighted by molar-refractivity contribution is 14.0. The van der Waals surface area contributed by atoms with Crippen molar-refractivity contribution in [2.45, 2.75) is 40.0 Å². The molecule has 1 aromatic carbocycles. The number of ether oxygens (including phenoxy) is 1. The third-order valence-corrected chi connectivity index (χ3v) is 4.13. The number of likely N-dealkylation sites (N-methyl/N-ethyl adjacent to an activating group) is 1. The molecule has 0 aliphatic heterocycles. The van der Waals surface area contributed by atoms with Gasteiger partial charge in [0.05, 0.1) is 0 Å². The SMILES string of the molecule is CCN(CC)C(C)CNC(=NC)N(C)Cc1ccc(OC(F)F)cc1.I. The van der Waals surface area contributed by atoms with E-state index >= 15 is 0 Å². The van der Waals surface area contributed by atoms with E-state index in [2.05, 4.69) is 40.7 Å². The molecule has 8 heteroatoms. The summed E-state index contributed by atoms with van der Waals surface area (Å²) in [6.45, 7) is 7.15. The summed E-state index contributed by atoms with van der Waals surface area (Å²) >= 11 is 0. The number of alkyl halides is 2. The summed E-state index contributed by atoms with van der Waals surface area (Å²) in [4.78, 5) is 8.69. The second-order valence-corrected chi connectivity index (χ2v) is 5.88. The van der Waals surface area contributed by atoms with Crippen molar-refractivity contribution < 1.29 is 13.5 Å². The Labute approximate surface area is 172 Å². The molecule has 0 bridgehead atoms. The minimum absolute atomic E-state index is 0. The standard InChI is InChI=1S/C18H30F2N4O.HI/c1-6-24(7-2)14(3)12-22-18(21-4)23(5)13-15-8-10-16(11-9-15)25-17(19)20;/h8-11,14,17H,6-7,12-13H2,1-5H3,(H,21,22);1H.